The quantitative estimate of drug-likeness (QED) is 0.486. The van der Waals surface area contributed by atoms with Crippen LogP contribution >= 0.6 is 0 Å². The summed E-state index contributed by atoms with van der Waals surface area (Å²) < 4.78 is 0. The molecule has 1 fully saturated rings. The lowest BCUT2D eigenvalue weighted by Crippen LogP contribution is -2.62. The molecule has 6 heteroatoms. The standard InChI is InChI=1S/C13H22N4O2/c1-12(2)7-9(8-13(3,4)17-12)16-11(19)10(18)15-6-5-14/h9,17H,6-8H2,1-4H3,(H,15,18)(H,16,19). The molecule has 0 radical (unpaired) electrons. The maximum Gasteiger partial charge on any atom is 0.310 e. The molecule has 2 amide bonds. The fourth-order valence-electron chi connectivity index (χ4n) is 2.88. The lowest BCUT2D eigenvalue weighted by Gasteiger charge is -2.46. The summed E-state index contributed by atoms with van der Waals surface area (Å²) in [5, 5.41) is 16.8. The minimum atomic E-state index is -0.754. The number of amides is 2. The Morgan fingerprint density at radius 1 is 1.21 bits per heavy atom. The van der Waals surface area contributed by atoms with E-state index >= 15 is 0 Å². The minimum absolute atomic E-state index is 0.0495. The van der Waals surface area contributed by atoms with Gasteiger partial charge < -0.3 is 16.0 Å². The van der Waals surface area contributed by atoms with E-state index in [9.17, 15) is 9.59 Å². The van der Waals surface area contributed by atoms with E-state index in [1.54, 1.807) is 6.07 Å². The molecule has 3 N–H and O–H groups in total. The Hall–Kier alpha value is -1.61. The Kier molecular flexibility index (Phi) is 4.53. The Balaban J connectivity index is 2.59. The number of carbonyl (C=O) groups is 2. The average molecular weight is 266 g/mol. The molecule has 1 rings (SSSR count). The molecule has 0 aromatic heterocycles. The fraction of sp³-hybridized carbons (Fsp3) is 0.769. The first-order valence-corrected chi connectivity index (χ1v) is 6.40. The Bertz CT molecular complexity index is 393. The van der Waals surface area contributed by atoms with Gasteiger partial charge in [0.05, 0.1) is 6.07 Å². The highest BCUT2D eigenvalue weighted by atomic mass is 16.2. The predicted octanol–water partition coefficient (Wildman–Crippen LogP) is 0.0516. The molecule has 0 unspecified atom stereocenters. The summed E-state index contributed by atoms with van der Waals surface area (Å²) in [6.45, 7) is 8.13. The Morgan fingerprint density at radius 2 is 1.74 bits per heavy atom. The number of piperidine rings is 1. The Labute approximate surface area is 113 Å². The van der Waals surface area contributed by atoms with Gasteiger partial charge in [-0.3, -0.25) is 9.59 Å². The second-order valence-corrected chi connectivity index (χ2v) is 6.31. The van der Waals surface area contributed by atoms with Crippen LogP contribution in [0.2, 0.25) is 0 Å². The minimum Gasteiger partial charge on any atom is -0.345 e. The van der Waals surface area contributed by atoms with Gasteiger partial charge in [-0.15, -0.1) is 0 Å². The molecule has 106 valence electrons. The van der Waals surface area contributed by atoms with Gasteiger partial charge in [-0.1, -0.05) is 0 Å². The van der Waals surface area contributed by atoms with Crippen molar-refractivity contribution in [3.63, 3.8) is 0 Å². The third-order valence-electron chi connectivity index (χ3n) is 3.06. The van der Waals surface area contributed by atoms with E-state index in [4.69, 9.17) is 5.26 Å². The molecule has 6 nitrogen and oxygen atoms in total. The number of hydrogen-bond acceptors (Lipinski definition) is 4. The van der Waals surface area contributed by atoms with Crippen molar-refractivity contribution in [2.45, 2.75) is 57.7 Å². The average Bonchev–Trinajstić information content (AvgIpc) is 2.20. The monoisotopic (exact) mass is 266 g/mol. The molecular weight excluding hydrogens is 244 g/mol. The van der Waals surface area contributed by atoms with Gasteiger partial charge >= 0.3 is 11.8 Å². The van der Waals surface area contributed by atoms with E-state index in [2.05, 4.69) is 43.6 Å². The third-order valence-corrected chi connectivity index (χ3v) is 3.06. The van der Waals surface area contributed by atoms with Gasteiger partial charge in [0.1, 0.15) is 6.54 Å². The highest BCUT2D eigenvalue weighted by molar-refractivity contribution is 6.35. The van der Waals surface area contributed by atoms with Gasteiger partial charge in [0.15, 0.2) is 0 Å². The number of nitrogens with zero attached hydrogens (tertiary/aromatic N) is 1. The van der Waals surface area contributed by atoms with Crippen LogP contribution in [0.15, 0.2) is 0 Å². The highest BCUT2D eigenvalue weighted by Gasteiger charge is 2.38. The topological polar surface area (TPSA) is 94.0 Å². The highest BCUT2D eigenvalue weighted by Crippen LogP contribution is 2.28. The summed E-state index contributed by atoms with van der Waals surface area (Å²) in [6, 6.07) is 1.71. The van der Waals surface area contributed by atoms with E-state index in [0.717, 1.165) is 12.8 Å². The van der Waals surface area contributed by atoms with Crippen LogP contribution < -0.4 is 16.0 Å². The summed E-state index contributed by atoms with van der Waals surface area (Å²) in [4.78, 5) is 23.1. The summed E-state index contributed by atoms with van der Waals surface area (Å²) in [5.74, 6) is -1.43. The van der Waals surface area contributed by atoms with Crippen LogP contribution in [0.1, 0.15) is 40.5 Å². The van der Waals surface area contributed by atoms with Crippen LogP contribution in [0.4, 0.5) is 0 Å². The molecule has 1 aliphatic heterocycles. The number of rotatable bonds is 2. The molecule has 19 heavy (non-hydrogen) atoms. The van der Waals surface area contributed by atoms with Crippen molar-refractivity contribution in [2.24, 2.45) is 0 Å². The molecule has 0 aromatic rings. The van der Waals surface area contributed by atoms with Gasteiger partial charge in [-0.25, -0.2) is 0 Å². The molecule has 0 aliphatic carbocycles. The van der Waals surface area contributed by atoms with E-state index in [0.29, 0.717) is 0 Å². The van der Waals surface area contributed by atoms with Gasteiger partial charge in [-0.2, -0.15) is 5.26 Å². The predicted molar refractivity (Wildman–Crippen MR) is 71.1 cm³/mol. The largest absolute Gasteiger partial charge is 0.345 e. The zero-order valence-electron chi connectivity index (χ0n) is 12.0. The molecule has 0 aromatic carbocycles. The van der Waals surface area contributed by atoms with Crippen molar-refractivity contribution < 1.29 is 9.59 Å². The molecule has 0 spiro atoms. The normalized spacial score (nSPS) is 21.2. The summed E-state index contributed by atoms with van der Waals surface area (Å²) >= 11 is 0. The first kappa shape index (κ1) is 15.4. The number of nitrogens with one attached hydrogen (secondary N) is 3. The van der Waals surface area contributed by atoms with E-state index in [-0.39, 0.29) is 23.7 Å². The van der Waals surface area contributed by atoms with Crippen molar-refractivity contribution in [1.82, 2.24) is 16.0 Å². The molecule has 1 saturated heterocycles. The number of hydrogen-bond donors (Lipinski definition) is 3. The van der Waals surface area contributed by atoms with Crippen molar-refractivity contribution in [2.75, 3.05) is 6.54 Å². The molecule has 0 atom stereocenters. The smallest absolute Gasteiger partial charge is 0.310 e. The van der Waals surface area contributed by atoms with Crippen LogP contribution in [0.25, 0.3) is 0 Å². The van der Waals surface area contributed by atoms with Crippen LogP contribution in [0, 0.1) is 11.3 Å². The number of nitriles is 1. The van der Waals surface area contributed by atoms with E-state index < -0.39 is 11.8 Å². The van der Waals surface area contributed by atoms with Gasteiger partial charge in [0.2, 0.25) is 0 Å². The zero-order chi connectivity index (χ0) is 14.7. The van der Waals surface area contributed by atoms with Crippen LogP contribution in [-0.4, -0.2) is 35.5 Å². The van der Waals surface area contributed by atoms with Crippen LogP contribution in [0.5, 0.6) is 0 Å². The maximum atomic E-state index is 11.7. The summed E-state index contributed by atoms with van der Waals surface area (Å²) in [6.07, 6.45) is 1.52. The van der Waals surface area contributed by atoms with Crippen molar-refractivity contribution in [1.29, 1.82) is 5.26 Å². The van der Waals surface area contributed by atoms with Gasteiger partial charge in [0, 0.05) is 17.1 Å². The molecule has 0 saturated carbocycles. The van der Waals surface area contributed by atoms with E-state index in [1.807, 2.05) is 0 Å². The second-order valence-electron chi connectivity index (χ2n) is 6.31. The van der Waals surface area contributed by atoms with Crippen molar-refractivity contribution >= 4 is 11.8 Å². The lowest BCUT2D eigenvalue weighted by molar-refractivity contribution is -0.139. The van der Waals surface area contributed by atoms with Crippen molar-refractivity contribution in [3.8, 4) is 6.07 Å². The van der Waals surface area contributed by atoms with Gasteiger partial charge in [0.25, 0.3) is 0 Å². The lowest BCUT2D eigenvalue weighted by atomic mass is 9.79. The van der Waals surface area contributed by atoms with Crippen molar-refractivity contribution in [3.05, 3.63) is 0 Å². The molecular formula is C13H22N4O2. The summed E-state index contributed by atoms with van der Waals surface area (Å²) in [7, 11) is 0. The maximum absolute atomic E-state index is 11.7. The van der Waals surface area contributed by atoms with Gasteiger partial charge in [-0.05, 0) is 40.5 Å². The number of carbonyl (C=O) groups excluding carboxylic acids is 2. The zero-order valence-corrected chi connectivity index (χ0v) is 12.0. The van der Waals surface area contributed by atoms with E-state index in [1.165, 1.54) is 0 Å². The van der Waals surface area contributed by atoms with Crippen LogP contribution in [-0.2, 0) is 9.59 Å². The Morgan fingerprint density at radius 3 is 2.21 bits per heavy atom. The fourth-order valence-corrected chi connectivity index (χ4v) is 2.88. The first-order valence-electron chi connectivity index (χ1n) is 6.40. The summed E-state index contributed by atoms with van der Waals surface area (Å²) in [5.41, 5.74) is -0.189. The molecule has 1 aliphatic rings. The SMILES string of the molecule is CC1(C)CC(NC(=O)C(=O)NCC#N)CC(C)(C)N1. The molecule has 0 bridgehead atoms. The first-order chi connectivity index (χ1) is 8.65. The second kappa shape index (κ2) is 5.57. The third kappa shape index (κ3) is 4.87. The van der Waals surface area contributed by atoms with Crippen LogP contribution in [0.3, 0.4) is 0 Å². The molecule has 1 heterocycles.